The van der Waals surface area contributed by atoms with Gasteiger partial charge in [0.2, 0.25) is 5.43 Å². The fourth-order valence-electron chi connectivity index (χ4n) is 5.04. The van der Waals surface area contributed by atoms with Crippen molar-refractivity contribution in [2.75, 3.05) is 24.5 Å². The van der Waals surface area contributed by atoms with Crippen LogP contribution in [0.3, 0.4) is 0 Å². The number of anilines is 1. The molecule has 5 rings (SSSR count). The number of aromatic carboxylic acids is 1. The molecule has 0 amide bonds. The highest BCUT2D eigenvalue weighted by molar-refractivity contribution is 5.98. The maximum atomic E-state index is 15.9. The first-order chi connectivity index (χ1) is 14.4. The first-order valence-electron chi connectivity index (χ1n) is 10.4. The van der Waals surface area contributed by atoms with Gasteiger partial charge in [-0.25, -0.2) is 13.6 Å². The van der Waals surface area contributed by atoms with Gasteiger partial charge in [-0.05, 0) is 38.1 Å². The van der Waals surface area contributed by atoms with Gasteiger partial charge in [-0.1, -0.05) is 12.7 Å². The number of halogens is 2. The summed E-state index contributed by atoms with van der Waals surface area (Å²) in [5, 5.41) is 12.6. The molecule has 158 valence electrons. The highest BCUT2D eigenvalue weighted by Gasteiger charge is 2.38. The highest BCUT2D eigenvalue weighted by Crippen LogP contribution is 2.42. The number of carboxylic acids is 1. The number of carboxylic acid groups (broad SMARTS) is 1. The Morgan fingerprint density at radius 1 is 1.23 bits per heavy atom. The van der Waals surface area contributed by atoms with E-state index in [1.54, 1.807) is 4.90 Å². The van der Waals surface area contributed by atoms with Crippen LogP contribution in [0.4, 0.5) is 14.5 Å². The summed E-state index contributed by atoms with van der Waals surface area (Å²) in [5.41, 5.74) is -1.68. The van der Waals surface area contributed by atoms with Gasteiger partial charge in [0, 0.05) is 36.9 Å². The molecule has 1 aromatic heterocycles. The number of hydrogen-bond acceptors (Lipinski definition) is 4. The summed E-state index contributed by atoms with van der Waals surface area (Å²) in [7, 11) is 0. The average Bonchev–Trinajstić information content (AvgIpc) is 3.47. The Kier molecular flexibility index (Phi) is 4.43. The van der Waals surface area contributed by atoms with Crippen LogP contribution in [-0.2, 0) is 0 Å². The van der Waals surface area contributed by atoms with Crippen molar-refractivity contribution in [1.82, 2.24) is 9.88 Å². The van der Waals surface area contributed by atoms with Gasteiger partial charge in [-0.3, -0.25) is 4.79 Å². The van der Waals surface area contributed by atoms with E-state index in [-0.39, 0.29) is 34.2 Å². The fraction of sp³-hybridized carbons (Fsp3) is 0.455. The molecule has 2 saturated heterocycles. The molecule has 30 heavy (non-hydrogen) atoms. The molecule has 8 heteroatoms. The molecule has 2 aromatic rings. The van der Waals surface area contributed by atoms with Crippen LogP contribution < -0.4 is 15.6 Å². The molecule has 3 fully saturated rings. The lowest BCUT2D eigenvalue weighted by Gasteiger charge is -2.24. The molecule has 2 atom stereocenters. The molecule has 0 bridgehead atoms. The van der Waals surface area contributed by atoms with Crippen molar-refractivity contribution in [2.24, 2.45) is 5.92 Å². The predicted octanol–water partition coefficient (Wildman–Crippen LogP) is 3.14. The topological polar surface area (TPSA) is 74.6 Å². The summed E-state index contributed by atoms with van der Waals surface area (Å²) in [6.45, 7) is 5.55. The van der Waals surface area contributed by atoms with E-state index in [0.29, 0.717) is 19.0 Å². The van der Waals surface area contributed by atoms with Crippen LogP contribution in [-0.4, -0.2) is 41.3 Å². The zero-order valence-corrected chi connectivity index (χ0v) is 16.5. The lowest BCUT2D eigenvalue weighted by Crippen LogP contribution is -2.40. The number of nitrogens with one attached hydrogen (secondary N) is 1. The van der Waals surface area contributed by atoms with Crippen LogP contribution in [0.25, 0.3) is 17.0 Å². The minimum atomic E-state index is -1.41. The Balaban J connectivity index is 1.79. The van der Waals surface area contributed by atoms with Crippen molar-refractivity contribution in [3.05, 3.63) is 45.8 Å². The standard InChI is InChI=1S/C22H23F2N3O3/c1-2-13-16-19(27(12-5-6-12)9-14(21(16)28)22(29)30)18(24)20(17(13)23)26-8-11-4-3-7-25-15(11)10-26/h2,9,11-12,15,25H,1,3-8,10H2,(H,29,30)/t11-,15+/m1/s1. The van der Waals surface area contributed by atoms with Crippen LogP contribution in [0.2, 0.25) is 0 Å². The Bertz CT molecular complexity index is 1130. The minimum absolute atomic E-state index is 0.0263. The third-order valence-electron chi connectivity index (χ3n) is 6.65. The molecule has 1 aromatic carbocycles. The molecule has 1 aliphatic carbocycles. The second-order valence-electron chi connectivity index (χ2n) is 8.50. The highest BCUT2D eigenvalue weighted by atomic mass is 19.1. The summed E-state index contributed by atoms with van der Waals surface area (Å²) in [6.07, 6.45) is 5.94. The lowest BCUT2D eigenvalue weighted by atomic mass is 9.94. The van der Waals surface area contributed by atoms with Gasteiger partial charge in [0.05, 0.1) is 10.9 Å². The molecule has 0 unspecified atom stereocenters. The van der Waals surface area contributed by atoms with E-state index in [4.69, 9.17) is 0 Å². The number of benzene rings is 1. The Morgan fingerprint density at radius 3 is 2.63 bits per heavy atom. The smallest absolute Gasteiger partial charge is 0.341 e. The van der Waals surface area contributed by atoms with Gasteiger partial charge >= 0.3 is 5.97 Å². The molecule has 3 aliphatic rings. The van der Waals surface area contributed by atoms with E-state index in [2.05, 4.69) is 11.9 Å². The van der Waals surface area contributed by atoms with Crippen molar-refractivity contribution in [2.45, 2.75) is 37.8 Å². The summed E-state index contributed by atoms with van der Waals surface area (Å²) < 4.78 is 33.0. The van der Waals surface area contributed by atoms with Gasteiger partial charge in [0.1, 0.15) is 11.3 Å². The van der Waals surface area contributed by atoms with E-state index < -0.39 is 28.6 Å². The molecule has 2 N–H and O–H groups in total. The molecular formula is C22H23F2N3O3. The number of aromatic nitrogens is 1. The minimum Gasteiger partial charge on any atom is -0.477 e. The molecule has 3 heterocycles. The quantitative estimate of drug-likeness (QED) is 0.803. The number of fused-ring (bicyclic) bond motifs is 2. The Morgan fingerprint density at radius 2 is 2.00 bits per heavy atom. The third kappa shape index (κ3) is 2.77. The molecule has 1 saturated carbocycles. The number of carbonyl (C=O) groups is 1. The molecule has 6 nitrogen and oxygen atoms in total. The van der Waals surface area contributed by atoms with E-state index in [1.807, 2.05) is 0 Å². The number of piperidine rings is 1. The summed E-state index contributed by atoms with van der Waals surface area (Å²) in [5.74, 6) is -2.74. The van der Waals surface area contributed by atoms with Gasteiger partial charge < -0.3 is 19.9 Å². The Hall–Kier alpha value is -2.74. The number of rotatable bonds is 4. The van der Waals surface area contributed by atoms with Gasteiger partial charge in [-0.2, -0.15) is 0 Å². The van der Waals surface area contributed by atoms with E-state index in [0.717, 1.165) is 32.2 Å². The van der Waals surface area contributed by atoms with E-state index in [9.17, 15) is 14.7 Å². The number of hydrogen-bond donors (Lipinski definition) is 2. The number of pyridine rings is 1. The fourth-order valence-corrected chi connectivity index (χ4v) is 5.04. The zero-order chi connectivity index (χ0) is 21.2. The Labute approximate surface area is 171 Å². The maximum absolute atomic E-state index is 15.9. The van der Waals surface area contributed by atoms with Crippen LogP contribution in [0.15, 0.2) is 17.6 Å². The van der Waals surface area contributed by atoms with Crippen molar-refractivity contribution in [3.63, 3.8) is 0 Å². The molecular weight excluding hydrogens is 392 g/mol. The third-order valence-corrected chi connectivity index (χ3v) is 6.65. The summed E-state index contributed by atoms with van der Waals surface area (Å²) in [4.78, 5) is 26.2. The maximum Gasteiger partial charge on any atom is 0.341 e. The predicted molar refractivity (Wildman–Crippen MR) is 110 cm³/mol. The summed E-state index contributed by atoms with van der Waals surface area (Å²) >= 11 is 0. The number of nitrogens with zero attached hydrogens (tertiary/aromatic N) is 2. The zero-order valence-electron chi connectivity index (χ0n) is 16.5. The van der Waals surface area contributed by atoms with Crippen LogP contribution in [0.5, 0.6) is 0 Å². The van der Waals surface area contributed by atoms with Gasteiger partial charge in [0.15, 0.2) is 11.6 Å². The monoisotopic (exact) mass is 415 g/mol. The lowest BCUT2D eigenvalue weighted by molar-refractivity contribution is 0.0695. The van der Waals surface area contributed by atoms with E-state index >= 15 is 8.78 Å². The van der Waals surface area contributed by atoms with Crippen LogP contribution >= 0.6 is 0 Å². The van der Waals surface area contributed by atoms with Gasteiger partial charge in [0.25, 0.3) is 0 Å². The van der Waals surface area contributed by atoms with Crippen LogP contribution in [0.1, 0.15) is 47.6 Å². The first kappa shape index (κ1) is 19.2. The van der Waals surface area contributed by atoms with Crippen molar-refractivity contribution < 1.29 is 18.7 Å². The normalized spacial score (nSPS) is 23.6. The SMILES string of the molecule is C=Cc1c(F)c(N2C[C@H]3CCCN[C@H]3C2)c(F)c2c1c(=O)c(C(=O)O)cn2C1CC1. The molecule has 0 radical (unpaired) electrons. The van der Waals surface area contributed by atoms with Crippen molar-refractivity contribution in [3.8, 4) is 0 Å². The van der Waals surface area contributed by atoms with Crippen molar-refractivity contribution in [1.29, 1.82) is 0 Å². The van der Waals surface area contributed by atoms with Crippen molar-refractivity contribution >= 4 is 28.6 Å². The second kappa shape index (κ2) is 6.91. The second-order valence-corrected chi connectivity index (χ2v) is 8.50. The van der Waals surface area contributed by atoms with Crippen LogP contribution in [0, 0.1) is 17.6 Å². The average molecular weight is 415 g/mol. The molecule has 0 spiro atoms. The van der Waals surface area contributed by atoms with Gasteiger partial charge in [-0.15, -0.1) is 0 Å². The summed E-state index contributed by atoms with van der Waals surface area (Å²) in [6, 6.07) is 0.0833. The molecule has 2 aliphatic heterocycles. The first-order valence-corrected chi connectivity index (χ1v) is 10.4. The van der Waals surface area contributed by atoms with E-state index in [1.165, 1.54) is 16.8 Å². The largest absolute Gasteiger partial charge is 0.477 e.